The Balaban J connectivity index is 1.86. The lowest BCUT2D eigenvalue weighted by Gasteiger charge is -2.35. The van der Waals surface area contributed by atoms with Gasteiger partial charge < -0.3 is 30.5 Å². The molecule has 7 nitrogen and oxygen atoms in total. The molecule has 7 heteroatoms. The highest BCUT2D eigenvalue weighted by Gasteiger charge is 2.33. The number of methoxy groups -OCH3 is 1. The van der Waals surface area contributed by atoms with Crippen molar-refractivity contribution in [1.29, 1.82) is 0 Å². The Morgan fingerprint density at radius 3 is 2.78 bits per heavy atom. The van der Waals surface area contributed by atoms with Gasteiger partial charge in [-0.2, -0.15) is 0 Å². The van der Waals surface area contributed by atoms with Crippen LogP contribution in [-0.2, 0) is 9.47 Å². The molecule has 0 saturated carbocycles. The quantitative estimate of drug-likeness (QED) is 0.527. The van der Waals surface area contributed by atoms with Crippen LogP contribution >= 0.6 is 0 Å². The van der Waals surface area contributed by atoms with E-state index in [0.717, 1.165) is 50.0 Å². The summed E-state index contributed by atoms with van der Waals surface area (Å²) in [6.45, 7) is 5.58. The maximum Gasteiger partial charge on any atom is 0.410 e. The van der Waals surface area contributed by atoms with E-state index in [-0.39, 0.29) is 19.3 Å². The Bertz CT molecular complexity index is 543. The van der Waals surface area contributed by atoms with Crippen LogP contribution in [0.5, 0.6) is 0 Å². The first-order valence-electron chi connectivity index (χ1n) is 9.95. The molecule has 0 aromatic heterocycles. The van der Waals surface area contributed by atoms with Gasteiger partial charge in [0, 0.05) is 57.6 Å². The van der Waals surface area contributed by atoms with Gasteiger partial charge in [0.05, 0.1) is 5.60 Å². The van der Waals surface area contributed by atoms with Crippen molar-refractivity contribution in [3.63, 3.8) is 0 Å². The number of carbonyl (C=O) groups is 1. The van der Waals surface area contributed by atoms with Crippen molar-refractivity contribution in [3.05, 3.63) is 23.4 Å². The number of ether oxygens (including phenoxy) is 2. The van der Waals surface area contributed by atoms with Gasteiger partial charge in [-0.1, -0.05) is 31.9 Å². The molecule has 1 fully saturated rings. The van der Waals surface area contributed by atoms with E-state index in [0.29, 0.717) is 25.4 Å². The van der Waals surface area contributed by atoms with Crippen molar-refractivity contribution in [2.24, 2.45) is 11.7 Å². The second-order valence-electron chi connectivity index (χ2n) is 7.65. The molecule has 0 aromatic rings. The van der Waals surface area contributed by atoms with Crippen LogP contribution in [0.2, 0.25) is 0 Å². The number of unbranched alkanes of at least 4 members (excludes halogenated alkanes) is 1. The molecule has 1 amide bonds. The molecule has 0 spiro atoms. The Morgan fingerprint density at radius 2 is 2.15 bits per heavy atom. The number of rotatable bonds is 9. The first-order chi connectivity index (χ1) is 13.0. The van der Waals surface area contributed by atoms with Crippen LogP contribution < -0.4 is 11.1 Å². The number of nitrogens with two attached hydrogens (primary N) is 1. The molecular weight excluding hydrogens is 346 g/mol. The van der Waals surface area contributed by atoms with E-state index >= 15 is 0 Å². The van der Waals surface area contributed by atoms with Crippen LogP contribution in [0.3, 0.4) is 0 Å². The molecule has 2 rings (SSSR count). The summed E-state index contributed by atoms with van der Waals surface area (Å²) < 4.78 is 11.3. The Kier molecular flexibility index (Phi) is 8.60. The Hall–Kier alpha value is -1.57. The largest absolute Gasteiger partial charge is 0.444 e. The van der Waals surface area contributed by atoms with E-state index in [1.54, 1.807) is 12.0 Å². The fourth-order valence-electron chi connectivity index (χ4n) is 3.73. The van der Waals surface area contributed by atoms with Gasteiger partial charge in [0.1, 0.15) is 6.61 Å². The van der Waals surface area contributed by atoms with Gasteiger partial charge in [-0.15, -0.1) is 0 Å². The maximum absolute atomic E-state index is 12.1. The van der Waals surface area contributed by atoms with Crippen molar-refractivity contribution in [3.8, 4) is 0 Å². The lowest BCUT2D eigenvalue weighted by molar-refractivity contribution is 0.0103. The summed E-state index contributed by atoms with van der Waals surface area (Å²) in [4.78, 5) is 13.9. The van der Waals surface area contributed by atoms with Crippen LogP contribution in [0.1, 0.15) is 39.0 Å². The summed E-state index contributed by atoms with van der Waals surface area (Å²) in [5, 5.41) is 12.1. The highest BCUT2D eigenvalue weighted by molar-refractivity contribution is 5.68. The number of aliphatic hydroxyl groups excluding tert-OH is 1. The van der Waals surface area contributed by atoms with Gasteiger partial charge >= 0.3 is 6.09 Å². The van der Waals surface area contributed by atoms with Gasteiger partial charge in [-0.05, 0) is 18.8 Å². The van der Waals surface area contributed by atoms with Gasteiger partial charge in [-0.3, -0.25) is 0 Å². The standard InChI is InChI=1S/C20H35N3O4/c1-16(5-3-4-12-24)13-20(26-2)7-6-17(18(21)14-20)15-27-19(25)23-10-8-22-9-11-23/h6-7,16,22,24H,3-5,8-15,21H2,1-2H3. The topological polar surface area (TPSA) is 97.0 Å². The normalized spacial score (nSPS) is 24.2. The van der Waals surface area contributed by atoms with E-state index in [1.807, 2.05) is 6.08 Å². The number of piperazine rings is 1. The van der Waals surface area contributed by atoms with Gasteiger partial charge in [-0.25, -0.2) is 4.79 Å². The molecule has 1 heterocycles. The predicted molar refractivity (Wildman–Crippen MR) is 105 cm³/mol. The van der Waals surface area contributed by atoms with Crippen molar-refractivity contribution >= 4 is 6.09 Å². The Labute approximate surface area is 162 Å². The zero-order valence-electron chi connectivity index (χ0n) is 16.7. The molecule has 0 bridgehead atoms. The number of nitrogens with one attached hydrogen (secondary N) is 1. The summed E-state index contributed by atoms with van der Waals surface area (Å²) in [5.74, 6) is 0.473. The lowest BCUT2D eigenvalue weighted by Crippen LogP contribution is -2.46. The molecule has 2 unspecified atom stereocenters. The molecule has 154 valence electrons. The molecule has 0 aromatic carbocycles. The van der Waals surface area contributed by atoms with Gasteiger partial charge in [0.2, 0.25) is 0 Å². The Morgan fingerprint density at radius 1 is 1.41 bits per heavy atom. The molecule has 0 radical (unpaired) electrons. The third kappa shape index (κ3) is 6.52. The minimum Gasteiger partial charge on any atom is -0.444 e. The third-order valence-corrected chi connectivity index (χ3v) is 5.42. The third-order valence-electron chi connectivity index (χ3n) is 5.42. The monoisotopic (exact) mass is 381 g/mol. The second-order valence-corrected chi connectivity index (χ2v) is 7.65. The van der Waals surface area contributed by atoms with E-state index in [4.69, 9.17) is 20.3 Å². The average molecular weight is 382 g/mol. The lowest BCUT2D eigenvalue weighted by atomic mass is 9.81. The van der Waals surface area contributed by atoms with Crippen molar-refractivity contribution in [2.45, 2.75) is 44.6 Å². The minimum atomic E-state index is -0.408. The number of hydrogen-bond acceptors (Lipinski definition) is 6. The van der Waals surface area contributed by atoms with Gasteiger partial charge in [0.25, 0.3) is 0 Å². The summed E-state index contributed by atoms with van der Waals surface area (Å²) in [7, 11) is 1.72. The van der Waals surface area contributed by atoms with E-state index in [2.05, 4.69) is 18.3 Å². The molecular formula is C20H35N3O4. The summed E-state index contributed by atoms with van der Waals surface area (Å²) in [6.07, 6.45) is 8.09. The number of nitrogens with zero attached hydrogens (tertiary/aromatic N) is 1. The first kappa shape index (κ1) is 21.7. The second kappa shape index (κ2) is 10.7. The van der Waals surface area contributed by atoms with E-state index < -0.39 is 5.60 Å². The van der Waals surface area contributed by atoms with Crippen molar-refractivity contribution < 1.29 is 19.4 Å². The van der Waals surface area contributed by atoms with Crippen molar-refractivity contribution in [2.75, 3.05) is 46.5 Å². The van der Waals surface area contributed by atoms with E-state index in [1.165, 1.54) is 0 Å². The molecule has 4 N–H and O–H groups in total. The molecule has 1 saturated heterocycles. The summed E-state index contributed by atoms with van der Waals surface area (Å²) >= 11 is 0. The predicted octanol–water partition coefficient (Wildman–Crippen LogP) is 1.77. The van der Waals surface area contributed by atoms with Gasteiger partial charge in [0.15, 0.2) is 0 Å². The summed E-state index contributed by atoms with van der Waals surface area (Å²) in [5.41, 5.74) is 7.45. The summed E-state index contributed by atoms with van der Waals surface area (Å²) in [6, 6.07) is 0. The minimum absolute atomic E-state index is 0.191. The average Bonchev–Trinajstić information content (AvgIpc) is 2.68. The number of carbonyl (C=O) groups excluding carboxylic acids is 1. The zero-order valence-corrected chi connectivity index (χ0v) is 16.7. The fraction of sp³-hybridized carbons (Fsp3) is 0.750. The molecule has 1 aliphatic heterocycles. The SMILES string of the molecule is COC1(CC(C)CCCCO)C=CC(COC(=O)N2CCNCC2)=C(N)C1. The molecule has 2 aliphatic rings. The molecule has 2 atom stereocenters. The number of hydrogen-bond donors (Lipinski definition) is 3. The van der Waals surface area contributed by atoms with Crippen LogP contribution in [0.4, 0.5) is 4.79 Å². The molecule has 27 heavy (non-hydrogen) atoms. The number of amides is 1. The molecule has 1 aliphatic carbocycles. The van der Waals surface area contributed by atoms with E-state index in [9.17, 15) is 4.79 Å². The number of aliphatic hydroxyl groups is 1. The zero-order chi connectivity index (χ0) is 19.7. The van der Waals surface area contributed by atoms with Crippen LogP contribution in [0.25, 0.3) is 0 Å². The van der Waals surface area contributed by atoms with Crippen LogP contribution in [-0.4, -0.2) is 68.2 Å². The maximum atomic E-state index is 12.1. The smallest absolute Gasteiger partial charge is 0.410 e. The first-order valence-corrected chi connectivity index (χ1v) is 9.95. The highest BCUT2D eigenvalue weighted by atomic mass is 16.6. The van der Waals surface area contributed by atoms with Crippen LogP contribution in [0, 0.1) is 5.92 Å². The van der Waals surface area contributed by atoms with Crippen molar-refractivity contribution in [1.82, 2.24) is 10.2 Å². The van der Waals surface area contributed by atoms with Crippen LogP contribution in [0.15, 0.2) is 23.4 Å². The fourth-order valence-corrected chi connectivity index (χ4v) is 3.73. The highest BCUT2D eigenvalue weighted by Crippen LogP contribution is 2.34.